The van der Waals surface area contributed by atoms with Gasteiger partial charge in [-0.05, 0) is 70.6 Å². The Hall–Kier alpha value is -2.56. The van der Waals surface area contributed by atoms with Crippen LogP contribution in [-0.2, 0) is 61.2 Å². The van der Waals surface area contributed by atoms with E-state index in [1.165, 1.54) is 103 Å². The standard InChI is InChI=1S/C71H129O24P/c1-4-7-10-13-16-19-22-25-26-29-32-35-38-41-44-47-57(75)90-52(49-87-55(73)45-42-39-36-33-30-27-23-20-17-14-11-8-5-2)50-89-96(85,86)95-69-67(93-70-65(83)60(78)58(76)53(48-72)91-70)63(81)62(80)64(82)68(69)94-71-66(84)61(79)59(77)54(92-71)51-88-56(74)46-43-40-37-34-31-28-24-21-18-15-12-9-6-3/h19,22,28,31,52-54,58-72,76-84H,4-18,20-21,23-27,29-30,32-51H2,1-3H3,(H,85,86)/b22-19-,31-28-. The maximum absolute atomic E-state index is 14.3. The first-order valence-electron chi connectivity index (χ1n) is 37.1. The van der Waals surface area contributed by atoms with E-state index in [1.807, 2.05) is 0 Å². The number of hydrogen-bond acceptors (Lipinski definition) is 23. The van der Waals surface area contributed by atoms with E-state index in [0.29, 0.717) is 19.3 Å². The molecule has 18 unspecified atom stereocenters. The van der Waals surface area contributed by atoms with Crippen LogP contribution in [0, 0.1) is 0 Å². The Bertz CT molecular complexity index is 2090. The molecule has 0 aromatic rings. The zero-order valence-electron chi connectivity index (χ0n) is 58.4. The lowest BCUT2D eigenvalue weighted by Crippen LogP contribution is -2.69. The number of allylic oxidation sites excluding steroid dienone is 4. The van der Waals surface area contributed by atoms with Gasteiger partial charge in [-0.25, -0.2) is 4.57 Å². The Morgan fingerprint density at radius 2 is 0.729 bits per heavy atom. The van der Waals surface area contributed by atoms with Crippen molar-refractivity contribution in [1.82, 2.24) is 0 Å². The van der Waals surface area contributed by atoms with Crippen molar-refractivity contribution in [3.8, 4) is 0 Å². The molecule has 11 N–H and O–H groups in total. The Morgan fingerprint density at radius 3 is 1.15 bits per heavy atom. The number of hydrogen-bond donors (Lipinski definition) is 11. The lowest BCUT2D eigenvalue weighted by Gasteiger charge is -2.49. The van der Waals surface area contributed by atoms with Gasteiger partial charge in [0, 0.05) is 19.3 Å². The number of aliphatic hydroxyl groups is 10. The molecule has 18 atom stereocenters. The van der Waals surface area contributed by atoms with Crippen LogP contribution in [0.15, 0.2) is 24.3 Å². The third kappa shape index (κ3) is 36.4. The van der Waals surface area contributed by atoms with Gasteiger partial charge in [-0.2, -0.15) is 0 Å². The molecule has 3 rings (SSSR count). The topological polar surface area (TPSA) is 374 Å². The van der Waals surface area contributed by atoms with Crippen molar-refractivity contribution in [3.05, 3.63) is 24.3 Å². The highest BCUT2D eigenvalue weighted by Crippen LogP contribution is 2.49. The number of rotatable bonds is 57. The van der Waals surface area contributed by atoms with E-state index in [1.54, 1.807) is 0 Å². The quantitative estimate of drug-likeness (QED) is 0.00886. The molecule has 2 saturated heterocycles. The molecule has 0 radical (unpaired) electrons. The number of unbranched alkanes of at least 4 members (excludes halogenated alkanes) is 32. The van der Waals surface area contributed by atoms with Crippen LogP contribution in [0.5, 0.6) is 0 Å². The van der Waals surface area contributed by atoms with E-state index < -0.39 is 156 Å². The summed E-state index contributed by atoms with van der Waals surface area (Å²) >= 11 is 0. The van der Waals surface area contributed by atoms with Crippen LogP contribution >= 0.6 is 7.82 Å². The monoisotopic (exact) mass is 1400 g/mol. The van der Waals surface area contributed by atoms with E-state index in [2.05, 4.69) is 45.1 Å². The summed E-state index contributed by atoms with van der Waals surface area (Å²) in [5.74, 6) is -2.01. The van der Waals surface area contributed by atoms with E-state index >= 15 is 0 Å². The summed E-state index contributed by atoms with van der Waals surface area (Å²) < 4.78 is 64.9. The lowest BCUT2D eigenvalue weighted by molar-refractivity contribution is -0.360. The number of esters is 3. The first-order chi connectivity index (χ1) is 46.3. The minimum absolute atomic E-state index is 0.00805. The highest BCUT2D eigenvalue weighted by atomic mass is 31.2. The average molecular weight is 1400 g/mol. The van der Waals surface area contributed by atoms with Crippen LogP contribution in [-0.4, -0.2) is 204 Å². The Labute approximate surface area is 573 Å². The molecule has 1 saturated carbocycles. The molecule has 0 amide bonds. The van der Waals surface area contributed by atoms with Gasteiger partial charge in [0.15, 0.2) is 18.7 Å². The van der Waals surface area contributed by atoms with Gasteiger partial charge >= 0.3 is 25.7 Å². The van der Waals surface area contributed by atoms with Crippen molar-refractivity contribution in [2.75, 3.05) is 26.4 Å². The highest BCUT2D eigenvalue weighted by molar-refractivity contribution is 7.47. The van der Waals surface area contributed by atoms with Gasteiger partial charge in [0.2, 0.25) is 0 Å². The second-order valence-corrected chi connectivity index (χ2v) is 28.1. The van der Waals surface area contributed by atoms with Gasteiger partial charge in [-0.1, -0.05) is 212 Å². The van der Waals surface area contributed by atoms with E-state index in [9.17, 15) is 74.9 Å². The summed E-state index contributed by atoms with van der Waals surface area (Å²) in [4.78, 5) is 50.9. The molecule has 0 aromatic heterocycles. The molecule has 0 bridgehead atoms. The molecule has 562 valence electrons. The highest BCUT2D eigenvalue weighted by Gasteiger charge is 2.58. The number of carbonyl (C=O) groups is 3. The zero-order chi connectivity index (χ0) is 70.4. The molecule has 0 spiro atoms. The number of ether oxygens (including phenoxy) is 7. The second-order valence-electron chi connectivity index (χ2n) is 26.7. The molecule has 3 aliphatic rings. The number of carbonyl (C=O) groups excluding carboxylic acids is 3. The summed E-state index contributed by atoms with van der Waals surface area (Å²) in [5.41, 5.74) is 0. The van der Waals surface area contributed by atoms with Crippen LogP contribution in [0.2, 0.25) is 0 Å². The summed E-state index contributed by atoms with van der Waals surface area (Å²) in [6.07, 6.45) is 12.5. The maximum Gasteiger partial charge on any atom is 0.472 e. The SMILES string of the molecule is CCCCCC/C=C\CCCCCCCCCC(=O)OC(COC(=O)CCCCCCCCCCCCCCC)COP(=O)(O)OC1C(OC2OC(CO)C(O)C(O)C2O)C(O)C(O)C(O)C1OC1OC(COC(=O)CCCCC/C=C\CCCCCCCC)C(O)C(O)C1O. The molecular formula is C71H129O24P. The molecule has 3 fully saturated rings. The van der Waals surface area contributed by atoms with Crippen molar-refractivity contribution in [1.29, 1.82) is 0 Å². The number of phosphoric ester groups is 1. The third-order valence-corrected chi connectivity index (χ3v) is 19.2. The van der Waals surface area contributed by atoms with Crippen molar-refractivity contribution < 1.29 is 117 Å². The maximum atomic E-state index is 14.3. The van der Waals surface area contributed by atoms with Crippen LogP contribution in [0.25, 0.3) is 0 Å². The van der Waals surface area contributed by atoms with Gasteiger partial charge in [0.25, 0.3) is 0 Å². The fourth-order valence-electron chi connectivity index (χ4n) is 12.1. The summed E-state index contributed by atoms with van der Waals surface area (Å²) in [5, 5.41) is 110. The first-order valence-corrected chi connectivity index (χ1v) is 38.6. The van der Waals surface area contributed by atoms with Crippen molar-refractivity contribution in [2.45, 2.75) is 382 Å². The smallest absolute Gasteiger partial charge is 0.463 e. The minimum Gasteiger partial charge on any atom is -0.463 e. The van der Waals surface area contributed by atoms with Crippen molar-refractivity contribution in [2.24, 2.45) is 0 Å². The molecule has 24 nitrogen and oxygen atoms in total. The predicted octanol–water partition coefficient (Wildman–Crippen LogP) is 9.74. The van der Waals surface area contributed by atoms with Crippen molar-refractivity contribution in [3.63, 3.8) is 0 Å². The summed E-state index contributed by atoms with van der Waals surface area (Å²) in [6.45, 7) is 3.40. The normalized spacial score (nSPS) is 28.1. The Balaban J connectivity index is 1.75. The van der Waals surface area contributed by atoms with Crippen LogP contribution in [0.1, 0.15) is 278 Å². The van der Waals surface area contributed by atoms with Gasteiger partial charge < -0.3 is 89.1 Å². The molecule has 96 heavy (non-hydrogen) atoms. The summed E-state index contributed by atoms with van der Waals surface area (Å²) in [7, 11) is -5.70. The Kier molecular flexibility index (Phi) is 48.7. The third-order valence-electron chi connectivity index (χ3n) is 18.2. The van der Waals surface area contributed by atoms with Gasteiger partial charge in [-0.15, -0.1) is 0 Å². The van der Waals surface area contributed by atoms with Crippen LogP contribution < -0.4 is 0 Å². The van der Waals surface area contributed by atoms with Gasteiger partial charge in [0.05, 0.1) is 13.2 Å². The fraction of sp³-hybridized carbons (Fsp3) is 0.901. The Morgan fingerprint density at radius 1 is 0.396 bits per heavy atom. The first kappa shape index (κ1) is 87.7. The molecule has 2 heterocycles. The van der Waals surface area contributed by atoms with Gasteiger partial charge in [0.1, 0.15) is 98.7 Å². The van der Waals surface area contributed by atoms with E-state index in [-0.39, 0.29) is 19.3 Å². The van der Waals surface area contributed by atoms with Gasteiger partial charge in [-0.3, -0.25) is 23.4 Å². The molecule has 25 heteroatoms. The molecular weight excluding hydrogens is 1270 g/mol. The molecule has 1 aliphatic carbocycles. The summed E-state index contributed by atoms with van der Waals surface area (Å²) in [6, 6.07) is 0. The fourth-order valence-corrected chi connectivity index (χ4v) is 13.1. The average Bonchev–Trinajstić information content (AvgIpc) is 0.769. The predicted molar refractivity (Wildman–Crippen MR) is 361 cm³/mol. The molecule has 2 aliphatic heterocycles. The minimum atomic E-state index is -5.70. The molecule has 0 aromatic carbocycles. The van der Waals surface area contributed by atoms with Crippen LogP contribution in [0.4, 0.5) is 0 Å². The lowest BCUT2D eigenvalue weighted by atomic mass is 9.84. The number of phosphoric acid groups is 1. The van der Waals surface area contributed by atoms with Crippen LogP contribution in [0.3, 0.4) is 0 Å². The van der Waals surface area contributed by atoms with E-state index in [0.717, 1.165) is 116 Å². The van der Waals surface area contributed by atoms with E-state index in [4.69, 9.17) is 42.2 Å². The zero-order valence-corrected chi connectivity index (χ0v) is 59.3. The van der Waals surface area contributed by atoms with Crippen molar-refractivity contribution >= 4 is 25.7 Å². The largest absolute Gasteiger partial charge is 0.472 e. The second kappa shape index (κ2) is 53.3. The number of aliphatic hydroxyl groups excluding tert-OH is 10.